The van der Waals surface area contributed by atoms with Crippen LogP contribution in [0, 0.1) is 5.82 Å². The van der Waals surface area contributed by atoms with E-state index in [1.165, 1.54) is 11.6 Å². The van der Waals surface area contributed by atoms with Crippen LogP contribution in [-0.2, 0) is 6.54 Å². The summed E-state index contributed by atoms with van der Waals surface area (Å²) in [6, 6.07) is 18.6. The second-order valence-electron chi connectivity index (χ2n) is 5.99. The lowest BCUT2D eigenvalue weighted by Crippen LogP contribution is -1.97. The Morgan fingerprint density at radius 1 is 1.00 bits per heavy atom. The van der Waals surface area contributed by atoms with Crippen LogP contribution < -0.4 is 5.73 Å². The third-order valence-electron chi connectivity index (χ3n) is 4.47. The standard InChI is InChI=1S/C21H18FN3/c1-2-25-12-11-15-13-14(7-9-19(15)25)16-8-10-20(23)24-21(16)17-5-3-4-6-18(17)22/h3-13H,2H2,1H3,(H2,23,24). The second-order valence-corrected chi connectivity index (χ2v) is 5.99. The van der Waals surface area contributed by atoms with Gasteiger partial charge in [0, 0.05) is 34.8 Å². The number of fused-ring (bicyclic) bond motifs is 1. The van der Waals surface area contributed by atoms with Crippen LogP contribution >= 0.6 is 0 Å². The number of halogens is 1. The molecular formula is C21H18FN3. The molecular weight excluding hydrogens is 313 g/mol. The van der Waals surface area contributed by atoms with Crippen LogP contribution in [0.1, 0.15) is 6.92 Å². The van der Waals surface area contributed by atoms with Crippen LogP contribution in [0.3, 0.4) is 0 Å². The van der Waals surface area contributed by atoms with Gasteiger partial charge in [0.15, 0.2) is 0 Å². The van der Waals surface area contributed by atoms with Crippen molar-refractivity contribution in [2.75, 3.05) is 5.73 Å². The Bertz CT molecular complexity index is 1070. The second kappa shape index (κ2) is 6.06. The molecule has 4 rings (SSSR count). The Morgan fingerprint density at radius 2 is 1.84 bits per heavy atom. The van der Waals surface area contributed by atoms with Crippen molar-refractivity contribution < 1.29 is 4.39 Å². The number of nitrogens with zero attached hydrogens (tertiary/aromatic N) is 2. The fourth-order valence-corrected chi connectivity index (χ4v) is 3.21. The van der Waals surface area contributed by atoms with Crippen molar-refractivity contribution in [3.8, 4) is 22.4 Å². The van der Waals surface area contributed by atoms with Crippen molar-refractivity contribution in [2.24, 2.45) is 0 Å². The van der Waals surface area contributed by atoms with E-state index in [4.69, 9.17) is 5.73 Å². The minimum Gasteiger partial charge on any atom is -0.384 e. The minimum absolute atomic E-state index is 0.305. The van der Waals surface area contributed by atoms with Gasteiger partial charge >= 0.3 is 0 Å². The molecule has 0 aliphatic carbocycles. The topological polar surface area (TPSA) is 43.8 Å². The first kappa shape index (κ1) is 15.4. The van der Waals surface area contributed by atoms with E-state index in [9.17, 15) is 4.39 Å². The van der Waals surface area contributed by atoms with E-state index in [-0.39, 0.29) is 5.82 Å². The SMILES string of the molecule is CCn1ccc2cc(-c3ccc(N)nc3-c3ccccc3F)ccc21. The van der Waals surface area contributed by atoms with E-state index in [0.717, 1.165) is 23.1 Å². The fraction of sp³-hybridized carbons (Fsp3) is 0.0952. The number of rotatable bonds is 3. The maximum atomic E-state index is 14.3. The van der Waals surface area contributed by atoms with Gasteiger partial charge in [-0.25, -0.2) is 9.37 Å². The molecule has 0 amide bonds. The van der Waals surface area contributed by atoms with Crippen molar-refractivity contribution in [3.05, 3.63) is 72.7 Å². The fourth-order valence-electron chi connectivity index (χ4n) is 3.21. The molecule has 124 valence electrons. The highest BCUT2D eigenvalue weighted by Crippen LogP contribution is 2.34. The number of anilines is 1. The highest BCUT2D eigenvalue weighted by atomic mass is 19.1. The van der Waals surface area contributed by atoms with Gasteiger partial charge < -0.3 is 10.3 Å². The summed E-state index contributed by atoms with van der Waals surface area (Å²) in [5.41, 5.74) is 9.93. The molecule has 0 unspecified atom stereocenters. The Hall–Kier alpha value is -3.14. The largest absolute Gasteiger partial charge is 0.384 e. The van der Waals surface area contributed by atoms with Gasteiger partial charge in [0.25, 0.3) is 0 Å². The van der Waals surface area contributed by atoms with Crippen LogP contribution in [0.2, 0.25) is 0 Å². The van der Waals surface area contributed by atoms with Gasteiger partial charge in [-0.2, -0.15) is 0 Å². The summed E-state index contributed by atoms with van der Waals surface area (Å²) >= 11 is 0. The smallest absolute Gasteiger partial charge is 0.132 e. The third-order valence-corrected chi connectivity index (χ3v) is 4.47. The van der Waals surface area contributed by atoms with Gasteiger partial charge in [-0.05, 0) is 55.0 Å². The van der Waals surface area contributed by atoms with Crippen LogP contribution in [0.15, 0.2) is 66.9 Å². The lowest BCUT2D eigenvalue weighted by molar-refractivity contribution is 0.631. The van der Waals surface area contributed by atoms with Crippen molar-refractivity contribution in [1.82, 2.24) is 9.55 Å². The number of aryl methyl sites for hydroxylation is 1. The maximum absolute atomic E-state index is 14.3. The van der Waals surface area contributed by atoms with Crippen molar-refractivity contribution in [1.29, 1.82) is 0 Å². The monoisotopic (exact) mass is 331 g/mol. The molecule has 0 aliphatic rings. The number of nitrogen functional groups attached to an aromatic ring is 1. The lowest BCUT2D eigenvalue weighted by Gasteiger charge is -2.11. The molecule has 0 aliphatic heterocycles. The average molecular weight is 331 g/mol. The first-order valence-corrected chi connectivity index (χ1v) is 8.28. The third kappa shape index (κ3) is 2.66. The summed E-state index contributed by atoms with van der Waals surface area (Å²) in [4.78, 5) is 4.41. The Labute approximate surface area is 145 Å². The molecule has 0 bridgehead atoms. The summed E-state index contributed by atoms with van der Waals surface area (Å²) in [7, 11) is 0. The van der Waals surface area contributed by atoms with Gasteiger partial charge in [-0.15, -0.1) is 0 Å². The molecule has 4 heteroatoms. The lowest BCUT2D eigenvalue weighted by atomic mass is 9.98. The van der Waals surface area contributed by atoms with E-state index >= 15 is 0 Å². The first-order chi connectivity index (χ1) is 12.2. The zero-order valence-electron chi connectivity index (χ0n) is 13.9. The normalized spacial score (nSPS) is 11.1. The molecule has 0 atom stereocenters. The number of nitrogens with two attached hydrogens (primary N) is 1. The van der Waals surface area contributed by atoms with E-state index in [1.54, 1.807) is 24.3 Å². The zero-order valence-corrected chi connectivity index (χ0v) is 13.9. The molecule has 25 heavy (non-hydrogen) atoms. The van der Waals surface area contributed by atoms with E-state index in [1.807, 2.05) is 12.1 Å². The number of aromatic nitrogens is 2. The summed E-state index contributed by atoms with van der Waals surface area (Å²) in [6.07, 6.45) is 2.08. The number of pyridine rings is 1. The summed E-state index contributed by atoms with van der Waals surface area (Å²) < 4.78 is 16.5. The maximum Gasteiger partial charge on any atom is 0.132 e. The number of benzene rings is 2. The van der Waals surface area contributed by atoms with E-state index in [0.29, 0.717) is 17.1 Å². The Kier molecular flexibility index (Phi) is 3.73. The molecule has 2 N–H and O–H groups in total. The van der Waals surface area contributed by atoms with Crippen LogP contribution in [0.5, 0.6) is 0 Å². The zero-order chi connectivity index (χ0) is 17.4. The predicted octanol–water partition coefficient (Wildman–Crippen LogP) is 5.11. The highest BCUT2D eigenvalue weighted by Gasteiger charge is 2.14. The summed E-state index contributed by atoms with van der Waals surface area (Å²) in [6.45, 7) is 3.04. The molecule has 0 saturated heterocycles. The highest BCUT2D eigenvalue weighted by molar-refractivity contribution is 5.89. The van der Waals surface area contributed by atoms with E-state index < -0.39 is 0 Å². The quantitative estimate of drug-likeness (QED) is 0.567. The van der Waals surface area contributed by atoms with Crippen LogP contribution in [0.4, 0.5) is 10.2 Å². The predicted molar refractivity (Wildman–Crippen MR) is 101 cm³/mol. The molecule has 0 fully saturated rings. The molecule has 0 radical (unpaired) electrons. The Balaban J connectivity index is 1.93. The van der Waals surface area contributed by atoms with E-state index in [2.05, 4.69) is 40.9 Å². The molecule has 0 spiro atoms. The Morgan fingerprint density at radius 3 is 2.64 bits per heavy atom. The van der Waals surface area contributed by atoms with Crippen LogP contribution in [0.25, 0.3) is 33.3 Å². The van der Waals surface area contributed by atoms with Crippen molar-refractivity contribution in [2.45, 2.75) is 13.5 Å². The molecule has 2 aromatic carbocycles. The van der Waals surface area contributed by atoms with Gasteiger partial charge in [0.1, 0.15) is 11.6 Å². The number of hydrogen-bond donors (Lipinski definition) is 1. The van der Waals surface area contributed by atoms with Gasteiger partial charge in [-0.1, -0.05) is 18.2 Å². The van der Waals surface area contributed by atoms with Crippen molar-refractivity contribution in [3.63, 3.8) is 0 Å². The average Bonchev–Trinajstić information content (AvgIpc) is 3.04. The minimum atomic E-state index is -0.305. The van der Waals surface area contributed by atoms with Gasteiger partial charge in [0.2, 0.25) is 0 Å². The van der Waals surface area contributed by atoms with Gasteiger partial charge in [0.05, 0.1) is 5.69 Å². The van der Waals surface area contributed by atoms with Crippen LogP contribution in [-0.4, -0.2) is 9.55 Å². The van der Waals surface area contributed by atoms with Crippen molar-refractivity contribution >= 4 is 16.7 Å². The molecule has 0 saturated carbocycles. The molecule has 4 aromatic rings. The summed E-state index contributed by atoms with van der Waals surface area (Å²) in [5.74, 6) is 0.0697. The molecule has 2 aromatic heterocycles. The molecule has 3 nitrogen and oxygen atoms in total. The summed E-state index contributed by atoms with van der Waals surface area (Å²) in [5, 5.41) is 1.15. The van der Waals surface area contributed by atoms with Gasteiger partial charge in [-0.3, -0.25) is 0 Å². The number of hydrogen-bond acceptors (Lipinski definition) is 2. The molecule has 2 heterocycles. The first-order valence-electron chi connectivity index (χ1n) is 8.28.